The summed E-state index contributed by atoms with van der Waals surface area (Å²) in [7, 11) is 0. The summed E-state index contributed by atoms with van der Waals surface area (Å²) >= 11 is 0. The first-order chi connectivity index (χ1) is 7.76. The number of aliphatic hydroxyl groups excluding tert-OH is 1. The third-order valence-electron chi connectivity index (χ3n) is 2.67. The minimum absolute atomic E-state index is 0.0105. The summed E-state index contributed by atoms with van der Waals surface area (Å²) in [6.45, 7) is 9.13. The molecule has 2 N–H and O–H groups in total. The van der Waals surface area contributed by atoms with E-state index in [0.29, 0.717) is 0 Å². The second-order valence-electron chi connectivity index (χ2n) is 5.12. The Bertz CT molecular complexity index is 243. The van der Waals surface area contributed by atoms with E-state index in [1.165, 1.54) is 0 Å². The molecule has 1 saturated heterocycles. The summed E-state index contributed by atoms with van der Waals surface area (Å²) in [4.78, 5) is 0. The average molecular weight is 248 g/mol. The lowest BCUT2D eigenvalue weighted by Gasteiger charge is -2.31. The van der Waals surface area contributed by atoms with Gasteiger partial charge in [-0.3, -0.25) is 0 Å². The van der Waals surface area contributed by atoms with E-state index in [2.05, 4.69) is 0 Å². The molecule has 5 heteroatoms. The lowest BCUT2D eigenvalue weighted by Crippen LogP contribution is -2.49. The van der Waals surface area contributed by atoms with Gasteiger partial charge in [-0.05, 0) is 34.6 Å². The first-order valence-corrected chi connectivity index (χ1v) is 6.11. The van der Waals surface area contributed by atoms with E-state index in [9.17, 15) is 10.2 Å². The van der Waals surface area contributed by atoms with Crippen LogP contribution in [0.5, 0.6) is 0 Å². The Hall–Kier alpha value is -0.200. The van der Waals surface area contributed by atoms with Gasteiger partial charge in [-0.15, -0.1) is 0 Å². The van der Waals surface area contributed by atoms with Crippen LogP contribution >= 0.6 is 0 Å². The van der Waals surface area contributed by atoms with Crippen LogP contribution in [0.15, 0.2) is 0 Å². The third-order valence-corrected chi connectivity index (χ3v) is 2.67. The highest BCUT2D eigenvalue weighted by molar-refractivity contribution is 4.95. The van der Waals surface area contributed by atoms with Crippen LogP contribution in [-0.2, 0) is 14.2 Å². The van der Waals surface area contributed by atoms with Crippen molar-refractivity contribution >= 4 is 0 Å². The van der Waals surface area contributed by atoms with Crippen molar-refractivity contribution in [3.05, 3.63) is 0 Å². The van der Waals surface area contributed by atoms with Crippen LogP contribution in [0.4, 0.5) is 0 Å². The molecule has 0 aromatic rings. The van der Waals surface area contributed by atoms with Crippen LogP contribution in [-0.4, -0.2) is 53.1 Å². The van der Waals surface area contributed by atoms with Gasteiger partial charge in [-0.2, -0.15) is 0 Å². The van der Waals surface area contributed by atoms with E-state index in [1.54, 1.807) is 6.92 Å². The standard InChI is InChI=1S/C12H24O5/c1-7(2)15-6-12(14)11(16-8(3)4)10(13)9(5)17-12/h7-11,13-14H,6H2,1-5H3/t9-,10+,11?,12+/m0/s1. The van der Waals surface area contributed by atoms with Gasteiger partial charge in [0.15, 0.2) is 0 Å². The molecule has 1 rings (SSSR count). The topological polar surface area (TPSA) is 68.2 Å². The zero-order valence-electron chi connectivity index (χ0n) is 11.2. The van der Waals surface area contributed by atoms with Gasteiger partial charge in [-0.1, -0.05) is 0 Å². The van der Waals surface area contributed by atoms with E-state index < -0.39 is 24.1 Å². The maximum absolute atomic E-state index is 10.4. The van der Waals surface area contributed by atoms with Gasteiger partial charge in [0.05, 0.1) is 18.3 Å². The number of aliphatic hydroxyl groups is 2. The first-order valence-electron chi connectivity index (χ1n) is 6.11. The molecule has 17 heavy (non-hydrogen) atoms. The number of ether oxygens (including phenoxy) is 3. The quantitative estimate of drug-likeness (QED) is 0.748. The fourth-order valence-corrected chi connectivity index (χ4v) is 1.85. The monoisotopic (exact) mass is 248 g/mol. The second-order valence-corrected chi connectivity index (χ2v) is 5.12. The van der Waals surface area contributed by atoms with Crippen LogP contribution in [0.1, 0.15) is 34.6 Å². The minimum atomic E-state index is -1.58. The SMILES string of the molecule is CC(C)OC[C@@]1(O)O[C@@H](C)[C@@H](O)C1OC(C)C. The highest BCUT2D eigenvalue weighted by Crippen LogP contribution is 2.32. The van der Waals surface area contributed by atoms with Gasteiger partial charge in [0.1, 0.15) is 18.8 Å². The summed E-state index contributed by atoms with van der Waals surface area (Å²) in [6.07, 6.45) is -2.22. The maximum atomic E-state index is 10.4. The van der Waals surface area contributed by atoms with Crippen LogP contribution in [0.3, 0.4) is 0 Å². The predicted octanol–water partition coefficient (Wildman–Crippen LogP) is 0.673. The van der Waals surface area contributed by atoms with Crippen molar-refractivity contribution in [3.63, 3.8) is 0 Å². The van der Waals surface area contributed by atoms with E-state index in [-0.39, 0.29) is 18.8 Å². The second kappa shape index (κ2) is 5.63. The molecule has 1 fully saturated rings. The molecule has 1 aliphatic heterocycles. The summed E-state index contributed by atoms with van der Waals surface area (Å²) < 4.78 is 16.3. The smallest absolute Gasteiger partial charge is 0.219 e. The third kappa shape index (κ3) is 3.63. The van der Waals surface area contributed by atoms with Crippen LogP contribution in [0.25, 0.3) is 0 Å². The molecule has 0 spiro atoms. The molecule has 4 atom stereocenters. The largest absolute Gasteiger partial charge is 0.387 e. The molecule has 0 bridgehead atoms. The zero-order chi connectivity index (χ0) is 13.2. The Morgan fingerprint density at radius 3 is 2.29 bits per heavy atom. The molecule has 0 aromatic carbocycles. The number of hydrogen-bond acceptors (Lipinski definition) is 5. The van der Waals surface area contributed by atoms with Crippen molar-refractivity contribution in [2.75, 3.05) is 6.61 Å². The predicted molar refractivity (Wildman–Crippen MR) is 62.6 cm³/mol. The summed E-state index contributed by atoms with van der Waals surface area (Å²) in [6, 6.07) is 0. The molecule has 102 valence electrons. The molecule has 0 radical (unpaired) electrons. The average Bonchev–Trinajstić information content (AvgIpc) is 2.40. The highest BCUT2D eigenvalue weighted by Gasteiger charge is 2.54. The van der Waals surface area contributed by atoms with Crippen molar-refractivity contribution < 1.29 is 24.4 Å². The molecule has 1 unspecified atom stereocenters. The van der Waals surface area contributed by atoms with Crippen molar-refractivity contribution in [1.82, 2.24) is 0 Å². The lowest BCUT2D eigenvalue weighted by molar-refractivity contribution is -0.268. The Kier molecular flexibility index (Phi) is 4.92. The van der Waals surface area contributed by atoms with Crippen molar-refractivity contribution in [1.29, 1.82) is 0 Å². The minimum Gasteiger partial charge on any atom is -0.387 e. The summed E-state index contributed by atoms with van der Waals surface area (Å²) in [5.74, 6) is -1.58. The molecule has 1 aliphatic rings. The van der Waals surface area contributed by atoms with Crippen LogP contribution in [0, 0.1) is 0 Å². The Morgan fingerprint density at radius 1 is 1.24 bits per heavy atom. The van der Waals surface area contributed by atoms with E-state index >= 15 is 0 Å². The van der Waals surface area contributed by atoms with Crippen molar-refractivity contribution in [2.24, 2.45) is 0 Å². The fraction of sp³-hybridized carbons (Fsp3) is 1.00. The van der Waals surface area contributed by atoms with Crippen LogP contribution < -0.4 is 0 Å². The van der Waals surface area contributed by atoms with Crippen LogP contribution in [0.2, 0.25) is 0 Å². The van der Waals surface area contributed by atoms with Gasteiger partial charge in [0.25, 0.3) is 0 Å². The maximum Gasteiger partial charge on any atom is 0.219 e. The molecule has 0 amide bonds. The molecule has 0 saturated carbocycles. The van der Waals surface area contributed by atoms with Gasteiger partial charge >= 0.3 is 0 Å². The Morgan fingerprint density at radius 2 is 1.82 bits per heavy atom. The van der Waals surface area contributed by atoms with E-state index in [1.807, 2.05) is 27.7 Å². The lowest BCUT2D eigenvalue weighted by atomic mass is 10.1. The number of hydrogen-bond donors (Lipinski definition) is 2. The van der Waals surface area contributed by atoms with Gasteiger partial charge in [-0.25, -0.2) is 0 Å². The number of rotatable bonds is 5. The highest BCUT2D eigenvalue weighted by atomic mass is 16.7. The Balaban J connectivity index is 2.72. The fourth-order valence-electron chi connectivity index (χ4n) is 1.85. The molecule has 0 aromatic heterocycles. The molecular formula is C12H24O5. The first kappa shape index (κ1) is 14.9. The van der Waals surface area contributed by atoms with Gasteiger partial charge in [0, 0.05) is 0 Å². The molecule has 5 nitrogen and oxygen atoms in total. The zero-order valence-corrected chi connectivity index (χ0v) is 11.2. The molecule has 0 aliphatic carbocycles. The van der Waals surface area contributed by atoms with E-state index in [0.717, 1.165) is 0 Å². The Labute approximate surface area is 103 Å². The summed E-state index contributed by atoms with van der Waals surface area (Å²) in [5, 5.41) is 20.3. The van der Waals surface area contributed by atoms with Gasteiger partial charge in [0.2, 0.25) is 5.79 Å². The summed E-state index contributed by atoms with van der Waals surface area (Å²) in [5.41, 5.74) is 0. The van der Waals surface area contributed by atoms with Gasteiger partial charge < -0.3 is 24.4 Å². The van der Waals surface area contributed by atoms with Crippen molar-refractivity contribution in [2.45, 2.75) is 70.9 Å². The molecule has 1 heterocycles. The van der Waals surface area contributed by atoms with E-state index in [4.69, 9.17) is 14.2 Å². The molecular weight excluding hydrogens is 224 g/mol. The van der Waals surface area contributed by atoms with Crippen molar-refractivity contribution in [3.8, 4) is 0 Å². The normalized spacial score (nSPS) is 38.3.